The first-order valence-electron chi connectivity index (χ1n) is 12.7. The van der Waals surface area contributed by atoms with E-state index in [0.717, 1.165) is 12.3 Å². The average molecular weight is 600 g/mol. The number of anilines is 1. The summed E-state index contributed by atoms with van der Waals surface area (Å²) < 4.78 is 95.6. The number of rotatable bonds is 5. The van der Waals surface area contributed by atoms with Gasteiger partial charge in [-0.15, -0.1) is 11.8 Å². The minimum absolute atomic E-state index is 0.0374. The summed E-state index contributed by atoms with van der Waals surface area (Å²) in [7, 11) is 1.42. The quantitative estimate of drug-likeness (QED) is 0.308. The molecule has 0 radical (unpaired) electrons. The summed E-state index contributed by atoms with van der Waals surface area (Å²) in [5.74, 6) is -0.433. The van der Waals surface area contributed by atoms with Crippen molar-refractivity contribution in [2.75, 3.05) is 30.8 Å². The third-order valence-corrected chi connectivity index (χ3v) is 8.38. The summed E-state index contributed by atoms with van der Waals surface area (Å²) in [6.45, 7) is 5.58. The molecule has 0 spiro atoms. The van der Waals surface area contributed by atoms with Crippen LogP contribution in [0.5, 0.6) is 0 Å². The fourth-order valence-electron chi connectivity index (χ4n) is 4.91. The second-order valence-electron chi connectivity index (χ2n) is 10.4. The third-order valence-electron chi connectivity index (χ3n) is 7.15. The maximum absolute atomic E-state index is 14.1. The zero-order valence-corrected chi connectivity index (χ0v) is 23.5. The van der Waals surface area contributed by atoms with Gasteiger partial charge in [-0.05, 0) is 73.9 Å². The molecule has 4 nitrogen and oxygen atoms in total. The Kier molecular flexibility index (Phi) is 8.48. The van der Waals surface area contributed by atoms with Crippen LogP contribution in [-0.4, -0.2) is 36.8 Å². The molecule has 1 atom stereocenters. The van der Waals surface area contributed by atoms with E-state index in [1.165, 1.54) is 37.9 Å². The summed E-state index contributed by atoms with van der Waals surface area (Å²) in [6.07, 6.45) is -8.55. The van der Waals surface area contributed by atoms with E-state index in [9.17, 15) is 35.5 Å². The molecule has 1 amide bonds. The van der Waals surface area contributed by atoms with E-state index in [4.69, 9.17) is 0 Å². The largest absolute Gasteiger partial charge is 0.416 e. The number of aryl methyl sites for hydroxylation is 1. The van der Waals surface area contributed by atoms with Crippen LogP contribution in [0.1, 0.15) is 47.0 Å². The molecule has 4 rings (SSSR count). The highest BCUT2D eigenvalue weighted by Gasteiger charge is 2.42. The SMILES string of the molecule is Cc1cc(F)ccc1-c1ccnc(C2CNCCS2)c1N(C)C(=O)C(C)(C)c1cc(C(F)(F)F)cc(C(F)(F)F)c1. The number of halogens is 7. The van der Waals surface area contributed by atoms with Gasteiger partial charge in [0, 0.05) is 37.7 Å². The van der Waals surface area contributed by atoms with E-state index < -0.39 is 46.2 Å². The molecule has 1 saturated heterocycles. The summed E-state index contributed by atoms with van der Waals surface area (Å²) in [4.78, 5) is 19.9. The first-order valence-corrected chi connectivity index (χ1v) is 13.7. The number of nitrogens with one attached hydrogen (secondary N) is 1. The van der Waals surface area contributed by atoms with Crippen molar-refractivity contribution in [2.24, 2.45) is 0 Å². The molecule has 1 aliphatic rings. The Labute approximate surface area is 237 Å². The van der Waals surface area contributed by atoms with Crippen LogP contribution in [0, 0.1) is 12.7 Å². The fourth-order valence-corrected chi connectivity index (χ4v) is 6.02. The predicted molar refractivity (Wildman–Crippen MR) is 145 cm³/mol. The summed E-state index contributed by atoms with van der Waals surface area (Å²) in [5, 5.41) is 3.09. The van der Waals surface area contributed by atoms with Gasteiger partial charge in [0.1, 0.15) is 5.82 Å². The molecule has 1 aliphatic heterocycles. The highest BCUT2D eigenvalue weighted by molar-refractivity contribution is 7.99. The van der Waals surface area contributed by atoms with Crippen molar-refractivity contribution in [3.63, 3.8) is 0 Å². The number of benzene rings is 2. The van der Waals surface area contributed by atoms with Crippen molar-refractivity contribution < 1.29 is 35.5 Å². The van der Waals surface area contributed by atoms with Gasteiger partial charge in [0.25, 0.3) is 0 Å². The van der Waals surface area contributed by atoms with Crippen molar-refractivity contribution in [2.45, 2.75) is 43.8 Å². The van der Waals surface area contributed by atoms with E-state index in [1.807, 2.05) is 0 Å². The molecule has 12 heteroatoms. The van der Waals surface area contributed by atoms with Crippen LogP contribution in [0.3, 0.4) is 0 Å². The number of pyridine rings is 1. The lowest BCUT2D eigenvalue weighted by atomic mass is 9.81. The second-order valence-corrected chi connectivity index (χ2v) is 11.7. The van der Waals surface area contributed by atoms with E-state index in [0.29, 0.717) is 46.7 Å². The van der Waals surface area contributed by atoms with Gasteiger partial charge in [0.05, 0.1) is 33.2 Å². The lowest BCUT2D eigenvalue weighted by Crippen LogP contribution is -2.43. The Bertz CT molecular complexity index is 1420. The number of amides is 1. The zero-order valence-electron chi connectivity index (χ0n) is 22.7. The second kappa shape index (κ2) is 11.3. The minimum atomic E-state index is -5.06. The molecule has 2 aromatic carbocycles. The summed E-state index contributed by atoms with van der Waals surface area (Å²) in [5.41, 5.74) is -2.66. The van der Waals surface area contributed by atoms with Gasteiger partial charge < -0.3 is 10.2 Å². The first kappa shape index (κ1) is 30.8. The number of carbonyl (C=O) groups is 1. The van der Waals surface area contributed by atoms with Gasteiger partial charge in [-0.2, -0.15) is 26.3 Å². The smallest absolute Gasteiger partial charge is 0.314 e. The van der Waals surface area contributed by atoms with Crippen molar-refractivity contribution >= 4 is 23.4 Å². The third kappa shape index (κ3) is 6.38. The Morgan fingerprint density at radius 2 is 1.56 bits per heavy atom. The van der Waals surface area contributed by atoms with Gasteiger partial charge in [-0.1, -0.05) is 6.07 Å². The van der Waals surface area contributed by atoms with Crippen LogP contribution < -0.4 is 10.2 Å². The molecule has 0 bridgehead atoms. The number of aromatic nitrogens is 1. The predicted octanol–water partition coefficient (Wildman–Crippen LogP) is 7.55. The monoisotopic (exact) mass is 599 g/mol. The van der Waals surface area contributed by atoms with Crippen LogP contribution in [0.4, 0.5) is 36.4 Å². The van der Waals surface area contributed by atoms with Crippen LogP contribution in [0.15, 0.2) is 48.7 Å². The molecule has 2 heterocycles. The number of carbonyl (C=O) groups excluding carboxylic acids is 1. The number of likely N-dealkylation sites (N-methyl/N-ethyl adjacent to an activating group) is 1. The number of hydrogen-bond acceptors (Lipinski definition) is 4. The number of thioether (sulfide) groups is 1. The van der Waals surface area contributed by atoms with Crippen molar-refractivity contribution in [3.8, 4) is 11.1 Å². The Balaban J connectivity index is 1.88. The molecule has 0 aliphatic carbocycles. The average Bonchev–Trinajstić information content (AvgIpc) is 2.91. The highest BCUT2D eigenvalue weighted by atomic mass is 32.2. The fraction of sp³-hybridized carbons (Fsp3) is 0.379. The molecule has 0 saturated carbocycles. The van der Waals surface area contributed by atoms with Gasteiger partial charge >= 0.3 is 12.4 Å². The summed E-state index contributed by atoms with van der Waals surface area (Å²) >= 11 is 1.61. The standard InChI is InChI=1S/C29H28F7N3OS/c1-16-11-20(30)5-6-21(16)22-7-8-38-24(23-15-37-9-10-41-23)25(22)39(4)26(40)27(2,3)17-12-18(28(31,32)33)14-19(13-17)29(34,35)36/h5-8,11-14,23,37H,9-10,15H2,1-4H3. The molecular weight excluding hydrogens is 571 g/mol. The highest BCUT2D eigenvalue weighted by Crippen LogP contribution is 2.44. The summed E-state index contributed by atoms with van der Waals surface area (Å²) in [6, 6.07) is 7.03. The number of alkyl halides is 6. The van der Waals surface area contributed by atoms with E-state index in [-0.39, 0.29) is 11.3 Å². The van der Waals surface area contributed by atoms with Crippen molar-refractivity contribution in [1.82, 2.24) is 10.3 Å². The molecule has 1 N–H and O–H groups in total. The van der Waals surface area contributed by atoms with Crippen molar-refractivity contribution in [1.29, 1.82) is 0 Å². The molecule has 220 valence electrons. The van der Waals surface area contributed by atoms with E-state index >= 15 is 0 Å². The molecule has 41 heavy (non-hydrogen) atoms. The Morgan fingerprint density at radius 1 is 0.951 bits per heavy atom. The maximum Gasteiger partial charge on any atom is 0.416 e. The topological polar surface area (TPSA) is 45.2 Å². The molecular formula is C29H28F7N3OS. The Morgan fingerprint density at radius 3 is 2.10 bits per heavy atom. The van der Waals surface area contributed by atoms with Crippen molar-refractivity contribution in [3.05, 3.63) is 82.4 Å². The lowest BCUT2D eigenvalue weighted by molar-refractivity contribution is -0.143. The van der Waals surface area contributed by atoms with Gasteiger partial charge in [0.15, 0.2) is 0 Å². The van der Waals surface area contributed by atoms with Gasteiger partial charge in [-0.3, -0.25) is 9.78 Å². The minimum Gasteiger partial charge on any atom is -0.314 e. The molecule has 1 unspecified atom stereocenters. The number of hydrogen-bond donors (Lipinski definition) is 1. The lowest BCUT2D eigenvalue weighted by Gasteiger charge is -2.34. The first-order chi connectivity index (χ1) is 19.0. The van der Waals surface area contributed by atoms with Crippen LogP contribution in [0.25, 0.3) is 11.1 Å². The molecule has 3 aromatic rings. The van der Waals surface area contributed by atoms with Crippen LogP contribution in [-0.2, 0) is 22.6 Å². The Hall–Kier alpha value is -3.12. The normalized spacial score (nSPS) is 16.5. The van der Waals surface area contributed by atoms with Gasteiger partial charge in [0.2, 0.25) is 5.91 Å². The van der Waals surface area contributed by atoms with Crippen LogP contribution >= 0.6 is 11.8 Å². The van der Waals surface area contributed by atoms with Crippen LogP contribution in [0.2, 0.25) is 0 Å². The van der Waals surface area contributed by atoms with E-state index in [2.05, 4.69) is 10.3 Å². The molecule has 1 aromatic heterocycles. The maximum atomic E-state index is 14.1. The zero-order chi connectivity index (χ0) is 30.3. The van der Waals surface area contributed by atoms with E-state index in [1.54, 1.807) is 37.0 Å². The molecule has 1 fully saturated rings. The van der Waals surface area contributed by atoms with Gasteiger partial charge in [-0.25, -0.2) is 4.39 Å². The number of nitrogens with zero attached hydrogens (tertiary/aromatic N) is 2.